The van der Waals surface area contributed by atoms with Crippen LogP contribution in [-0.4, -0.2) is 77.1 Å². The number of nitrogens with zero attached hydrogens (tertiary/aromatic N) is 4. The number of amides is 1. The second-order valence-electron chi connectivity index (χ2n) is 6.05. The molecule has 2 fully saturated rings. The number of hydrogen-bond donors (Lipinski definition) is 0. The minimum Gasteiger partial charge on any atom is -0.378 e. The molecule has 2 saturated heterocycles. The topological polar surface area (TPSA) is 50.6 Å². The van der Waals surface area contributed by atoms with Crippen LogP contribution in [0.15, 0.2) is 12.4 Å². The lowest BCUT2D eigenvalue weighted by molar-refractivity contribution is -0.140. The molecular weight excluding hydrogens is 287 g/mol. The summed E-state index contributed by atoms with van der Waals surface area (Å²) in [5, 5.41) is 4.14. The van der Waals surface area contributed by atoms with Crippen molar-refractivity contribution in [1.29, 1.82) is 0 Å². The lowest BCUT2D eigenvalue weighted by atomic mass is 10.1. The van der Waals surface area contributed by atoms with Crippen LogP contribution in [0, 0.1) is 0 Å². The molecule has 22 heavy (non-hydrogen) atoms. The standard InChI is InChI=1S/C15H23FN4O2/c1-18-10-12(9-17-18)2-3-20-11-13(16)8-14(20)15(21)19-4-6-22-7-5-19/h9-10,13-14H,2-8,11H2,1H3/t13-,14+/m1/s1. The van der Waals surface area contributed by atoms with Crippen molar-refractivity contribution in [2.24, 2.45) is 7.05 Å². The van der Waals surface area contributed by atoms with Gasteiger partial charge in [-0.2, -0.15) is 5.10 Å². The Morgan fingerprint density at radius 1 is 1.45 bits per heavy atom. The molecule has 3 rings (SSSR count). The van der Waals surface area contributed by atoms with Crippen LogP contribution in [0.4, 0.5) is 4.39 Å². The van der Waals surface area contributed by atoms with E-state index in [0.717, 1.165) is 12.0 Å². The van der Waals surface area contributed by atoms with E-state index in [1.54, 1.807) is 4.68 Å². The van der Waals surface area contributed by atoms with Gasteiger partial charge in [-0.15, -0.1) is 0 Å². The summed E-state index contributed by atoms with van der Waals surface area (Å²) in [4.78, 5) is 16.4. The smallest absolute Gasteiger partial charge is 0.240 e. The number of morpholine rings is 1. The van der Waals surface area contributed by atoms with Crippen molar-refractivity contribution < 1.29 is 13.9 Å². The number of rotatable bonds is 4. The van der Waals surface area contributed by atoms with Crippen LogP contribution < -0.4 is 0 Å². The summed E-state index contributed by atoms with van der Waals surface area (Å²) in [5.41, 5.74) is 1.11. The van der Waals surface area contributed by atoms with Crippen LogP contribution in [0.3, 0.4) is 0 Å². The molecule has 2 atom stereocenters. The molecule has 0 spiro atoms. The summed E-state index contributed by atoms with van der Waals surface area (Å²) in [5.74, 6) is 0.0506. The first-order chi connectivity index (χ1) is 10.6. The molecule has 1 amide bonds. The van der Waals surface area contributed by atoms with Crippen LogP contribution in [0.1, 0.15) is 12.0 Å². The first kappa shape index (κ1) is 15.4. The maximum absolute atomic E-state index is 13.8. The van der Waals surface area contributed by atoms with E-state index in [2.05, 4.69) is 5.10 Å². The normalized spacial score (nSPS) is 26.5. The molecule has 1 aromatic heterocycles. The van der Waals surface area contributed by atoms with Crippen molar-refractivity contribution in [2.75, 3.05) is 39.4 Å². The molecule has 0 radical (unpaired) electrons. The Morgan fingerprint density at radius 2 is 2.23 bits per heavy atom. The average molecular weight is 310 g/mol. The summed E-state index contributed by atoms with van der Waals surface area (Å²) in [6, 6.07) is -0.329. The summed E-state index contributed by atoms with van der Waals surface area (Å²) in [7, 11) is 1.88. The third-order valence-electron chi connectivity index (χ3n) is 4.41. The Kier molecular flexibility index (Phi) is 4.73. The average Bonchev–Trinajstić information content (AvgIpc) is 3.11. The molecule has 1 aromatic rings. The van der Waals surface area contributed by atoms with Gasteiger partial charge in [-0.3, -0.25) is 14.4 Å². The van der Waals surface area contributed by atoms with Crippen LogP contribution in [0.2, 0.25) is 0 Å². The van der Waals surface area contributed by atoms with Gasteiger partial charge in [0.05, 0.1) is 25.5 Å². The summed E-state index contributed by atoms with van der Waals surface area (Å²) in [6.45, 7) is 3.42. The number of hydrogen-bond acceptors (Lipinski definition) is 4. The molecule has 0 aliphatic carbocycles. The molecule has 3 heterocycles. The second-order valence-corrected chi connectivity index (χ2v) is 6.05. The Bertz CT molecular complexity index is 515. The molecule has 0 saturated carbocycles. The zero-order valence-corrected chi connectivity index (χ0v) is 12.9. The largest absolute Gasteiger partial charge is 0.378 e. The van der Waals surface area contributed by atoms with Gasteiger partial charge < -0.3 is 9.64 Å². The molecule has 122 valence electrons. The molecule has 2 aliphatic rings. The van der Waals surface area contributed by atoms with E-state index < -0.39 is 6.17 Å². The van der Waals surface area contributed by atoms with E-state index >= 15 is 0 Å². The van der Waals surface area contributed by atoms with E-state index in [1.807, 2.05) is 29.2 Å². The molecule has 6 nitrogen and oxygen atoms in total. The maximum Gasteiger partial charge on any atom is 0.240 e. The van der Waals surface area contributed by atoms with Crippen molar-refractivity contribution in [2.45, 2.75) is 25.1 Å². The number of aryl methyl sites for hydroxylation is 1. The Balaban J connectivity index is 1.60. The predicted molar refractivity (Wildman–Crippen MR) is 79.2 cm³/mol. The number of carbonyl (C=O) groups is 1. The number of likely N-dealkylation sites (tertiary alicyclic amines) is 1. The third kappa shape index (κ3) is 3.47. The lowest BCUT2D eigenvalue weighted by Gasteiger charge is -2.32. The van der Waals surface area contributed by atoms with Gasteiger partial charge in [-0.05, 0) is 12.0 Å². The monoisotopic (exact) mass is 310 g/mol. The minimum absolute atomic E-state index is 0.0506. The van der Waals surface area contributed by atoms with Gasteiger partial charge in [0, 0.05) is 45.8 Å². The molecular formula is C15H23FN4O2. The first-order valence-electron chi connectivity index (χ1n) is 7.85. The van der Waals surface area contributed by atoms with Crippen molar-refractivity contribution in [3.05, 3.63) is 18.0 Å². The minimum atomic E-state index is -0.913. The maximum atomic E-state index is 13.8. The fraction of sp³-hybridized carbons (Fsp3) is 0.733. The van der Waals surface area contributed by atoms with Crippen LogP contribution in [0.25, 0.3) is 0 Å². The highest BCUT2D eigenvalue weighted by molar-refractivity contribution is 5.82. The fourth-order valence-corrected chi connectivity index (χ4v) is 3.22. The van der Waals surface area contributed by atoms with Crippen molar-refractivity contribution in [3.63, 3.8) is 0 Å². The zero-order valence-electron chi connectivity index (χ0n) is 12.9. The van der Waals surface area contributed by atoms with E-state index in [1.165, 1.54) is 0 Å². The molecule has 0 N–H and O–H groups in total. The van der Waals surface area contributed by atoms with Gasteiger partial charge in [0.2, 0.25) is 5.91 Å². The van der Waals surface area contributed by atoms with Gasteiger partial charge in [0.15, 0.2) is 0 Å². The number of halogens is 1. The SMILES string of the molecule is Cn1cc(CCN2C[C@H](F)C[C@H]2C(=O)N2CCOCC2)cn1. The highest BCUT2D eigenvalue weighted by atomic mass is 19.1. The Labute approximate surface area is 129 Å². The van der Waals surface area contributed by atoms with Gasteiger partial charge in [-0.1, -0.05) is 0 Å². The highest BCUT2D eigenvalue weighted by Crippen LogP contribution is 2.23. The van der Waals surface area contributed by atoms with Gasteiger partial charge >= 0.3 is 0 Å². The molecule has 0 bridgehead atoms. The van der Waals surface area contributed by atoms with Crippen LogP contribution in [-0.2, 0) is 23.0 Å². The molecule has 2 aliphatic heterocycles. The highest BCUT2D eigenvalue weighted by Gasteiger charge is 2.38. The summed E-state index contributed by atoms with van der Waals surface area (Å²) < 4.78 is 20.9. The number of carbonyl (C=O) groups excluding carboxylic acids is 1. The summed E-state index contributed by atoms with van der Waals surface area (Å²) in [6.07, 6.45) is 3.96. The van der Waals surface area contributed by atoms with Crippen LogP contribution >= 0.6 is 0 Å². The van der Waals surface area contributed by atoms with Crippen molar-refractivity contribution >= 4 is 5.91 Å². The predicted octanol–water partition coefficient (Wildman–Crippen LogP) is 0.234. The number of ether oxygens (including phenoxy) is 1. The first-order valence-corrected chi connectivity index (χ1v) is 7.85. The Hall–Kier alpha value is -1.47. The van der Waals surface area contributed by atoms with Gasteiger partial charge in [-0.25, -0.2) is 4.39 Å². The Morgan fingerprint density at radius 3 is 2.91 bits per heavy atom. The van der Waals surface area contributed by atoms with Gasteiger partial charge in [0.25, 0.3) is 0 Å². The quantitative estimate of drug-likeness (QED) is 0.799. The second kappa shape index (κ2) is 6.75. The van der Waals surface area contributed by atoms with E-state index in [0.29, 0.717) is 45.8 Å². The molecule has 0 aromatic carbocycles. The van der Waals surface area contributed by atoms with E-state index in [9.17, 15) is 9.18 Å². The molecule has 7 heteroatoms. The number of aromatic nitrogens is 2. The van der Waals surface area contributed by atoms with E-state index in [-0.39, 0.29) is 11.9 Å². The van der Waals surface area contributed by atoms with E-state index in [4.69, 9.17) is 4.74 Å². The third-order valence-corrected chi connectivity index (χ3v) is 4.41. The van der Waals surface area contributed by atoms with Crippen LogP contribution in [0.5, 0.6) is 0 Å². The van der Waals surface area contributed by atoms with Crippen molar-refractivity contribution in [3.8, 4) is 0 Å². The zero-order chi connectivity index (χ0) is 15.5. The number of alkyl halides is 1. The fourth-order valence-electron chi connectivity index (χ4n) is 3.22. The molecule has 0 unspecified atom stereocenters. The van der Waals surface area contributed by atoms with Crippen molar-refractivity contribution in [1.82, 2.24) is 19.6 Å². The lowest BCUT2D eigenvalue weighted by Crippen LogP contribution is -2.50. The summed E-state index contributed by atoms with van der Waals surface area (Å²) >= 11 is 0. The van der Waals surface area contributed by atoms with Gasteiger partial charge in [0.1, 0.15) is 6.17 Å².